The van der Waals surface area contributed by atoms with Crippen molar-refractivity contribution in [3.05, 3.63) is 29.3 Å². The molecule has 1 aliphatic carbocycles. The molecular weight excluding hydrogens is 294 g/mol. The number of halogens is 1. The summed E-state index contributed by atoms with van der Waals surface area (Å²) < 4.78 is 24.3. The maximum atomic E-state index is 12.8. The first-order chi connectivity index (χ1) is 9.36. The minimum absolute atomic E-state index is 0.0238. The third kappa shape index (κ3) is 2.04. The second-order valence-electron chi connectivity index (χ2n) is 5.60. The molecular formula is C15H18ClNO2S. The van der Waals surface area contributed by atoms with Gasteiger partial charge in [0.25, 0.3) is 0 Å². The third-order valence-corrected chi connectivity index (χ3v) is 7.45. The van der Waals surface area contributed by atoms with E-state index in [9.17, 15) is 13.7 Å². The molecule has 0 radical (unpaired) electrons. The van der Waals surface area contributed by atoms with E-state index in [4.69, 9.17) is 11.6 Å². The van der Waals surface area contributed by atoms with E-state index in [1.165, 1.54) is 6.07 Å². The molecule has 0 N–H and O–H groups in total. The summed E-state index contributed by atoms with van der Waals surface area (Å²) >= 11 is 6.00. The van der Waals surface area contributed by atoms with Crippen molar-refractivity contribution >= 4 is 21.4 Å². The summed E-state index contributed by atoms with van der Waals surface area (Å²) in [5.74, 6) is 0. The lowest BCUT2D eigenvalue weighted by atomic mass is 9.59. The summed E-state index contributed by atoms with van der Waals surface area (Å²) in [7, 11) is -3.73. The van der Waals surface area contributed by atoms with Crippen LogP contribution in [0.25, 0.3) is 0 Å². The van der Waals surface area contributed by atoms with Crippen molar-refractivity contribution < 1.29 is 8.42 Å². The van der Waals surface area contributed by atoms with Gasteiger partial charge in [0, 0.05) is 0 Å². The fourth-order valence-electron chi connectivity index (χ4n) is 3.11. The van der Waals surface area contributed by atoms with Gasteiger partial charge in [-0.15, -0.1) is 0 Å². The topological polar surface area (TPSA) is 57.9 Å². The largest absolute Gasteiger partial charge is 0.222 e. The van der Waals surface area contributed by atoms with Crippen LogP contribution in [0.4, 0.5) is 0 Å². The van der Waals surface area contributed by atoms with E-state index in [1.807, 2.05) is 13.8 Å². The molecule has 2 rings (SSSR count). The Morgan fingerprint density at radius 3 is 2.25 bits per heavy atom. The molecule has 5 heteroatoms. The summed E-state index contributed by atoms with van der Waals surface area (Å²) in [4.78, 5) is 0.0732. The van der Waals surface area contributed by atoms with Crippen molar-refractivity contribution in [2.24, 2.45) is 5.41 Å². The Morgan fingerprint density at radius 2 is 1.80 bits per heavy atom. The summed E-state index contributed by atoms with van der Waals surface area (Å²) in [5.41, 5.74) is -0.0238. The Bertz CT molecular complexity index is 649. The van der Waals surface area contributed by atoms with Gasteiger partial charge in [0.1, 0.15) is 0 Å². The van der Waals surface area contributed by atoms with Crippen LogP contribution in [0.3, 0.4) is 0 Å². The molecule has 1 fully saturated rings. The lowest BCUT2D eigenvalue weighted by Crippen LogP contribution is -2.55. The zero-order chi connectivity index (χ0) is 15.0. The Hall–Kier alpha value is -1.05. The van der Waals surface area contributed by atoms with Gasteiger partial charge in [-0.1, -0.05) is 50.4 Å². The molecule has 0 spiro atoms. The Morgan fingerprint density at radius 1 is 1.25 bits per heavy atom. The second kappa shape index (κ2) is 5.05. The fraction of sp³-hybridized carbons (Fsp3) is 0.533. The van der Waals surface area contributed by atoms with Crippen molar-refractivity contribution in [2.75, 3.05) is 0 Å². The normalized spacial score (nSPS) is 19.9. The first kappa shape index (κ1) is 15.3. The van der Waals surface area contributed by atoms with Crippen LogP contribution in [-0.4, -0.2) is 13.2 Å². The number of rotatable bonds is 4. The highest BCUT2D eigenvalue weighted by Gasteiger charge is 2.61. The van der Waals surface area contributed by atoms with E-state index in [0.29, 0.717) is 12.8 Å². The van der Waals surface area contributed by atoms with Gasteiger partial charge in [-0.05, 0) is 30.4 Å². The van der Waals surface area contributed by atoms with Crippen LogP contribution in [0.2, 0.25) is 5.02 Å². The fourth-order valence-corrected chi connectivity index (χ4v) is 5.67. The van der Waals surface area contributed by atoms with E-state index in [0.717, 1.165) is 12.8 Å². The predicted molar refractivity (Wildman–Crippen MR) is 79.2 cm³/mol. The van der Waals surface area contributed by atoms with Gasteiger partial charge in [-0.25, -0.2) is 8.42 Å². The van der Waals surface area contributed by atoms with Crippen LogP contribution >= 0.6 is 11.6 Å². The van der Waals surface area contributed by atoms with Gasteiger partial charge >= 0.3 is 0 Å². The molecule has 0 aromatic heterocycles. The van der Waals surface area contributed by atoms with Gasteiger partial charge in [0.05, 0.1) is 16.0 Å². The summed E-state index contributed by atoms with van der Waals surface area (Å²) in [6, 6.07) is 8.40. The highest BCUT2D eigenvalue weighted by atomic mass is 35.5. The summed E-state index contributed by atoms with van der Waals surface area (Å²) in [5, 5.41) is 9.66. The Balaban J connectivity index is 2.45. The Labute approximate surface area is 125 Å². The van der Waals surface area contributed by atoms with Crippen molar-refractivity contribution in [3.8, 4) is 6.07 Å². The maximum absolute atomic E-state index is 12.8. The van der Waals surface area contributed by atoms with Crippen molar-refractivity contribution in [3.63, 3.8) is 0 Å². The van der Waals surface area contributed by atoms with Crippen molar-refractivity contribution in [1.82, 2.24) is 0 Å². The van der Waals surface area contributed by atoms with Crippen LogP contribution in [0, 0.1) is 16.7 Å². The quantitative estimate of drug-likeness (QED) is 0.845. The molecule has 0 unspecified atom stereocenters. The average Bonchev–Trinajstić information content (AvgIpc) is 2.39. The molecule has 1 saturated carbocycles. The lowest BCUT2D eigenvalue weighted by molar-refractivity contribution is 0.0927. The standard InChI is InChI=1S/C15H18ClNO2S/c1-3-14(4-2)9-15(10-14,11-17)20(18,19)13-8-6-5-7-12(13)16/h5-8H,3-4,9-10H2,1-2H3. The smallest absolute Gasteiger partial charge is 0.198 e. The maximum Gasteiger partial charge on any atom is 0.198 e. The SMILES string of the molecule is CCC1(CC)CC(C#N)(S(=O)(=O)c2ccccc2Cl)C1. The summed E-state index contributed by atoms with van der Waals surface area (Å²) in [6.07, 6.45) is 2.59. The molecule has 0 heterocycles. The Kier molecular flexibility index (Phi) is 3.88. The van der Waals surface area contributed by atoms with Crippen LogP contribution in [0.15, 0.2) is 29.2 Å². The zero-order valence-electron chi connectivity index (χ0n) is 11.7. The molecule has 0 bridgehead atoms. The first-order valence-electron chi connectivity index (χ1n) is 6.77. The van der Waals surface area contributed by atoms with Crippen LogP contribution < -0.4 is 0 Å². The van der Waals surface area contributed by atoms with Gasteiger partial charge in [-0.3, -0.25) is 0 Å². The van der Waals surface area contributed by atoms with Crippen molar-refractivity contribution in [1.29, 1.82) is 5.26 Å². The number of nitriles is 1. The molecule has 1 aromatic carbocycles. The number of hydrogen-bond acceptors (Lipinski definition) is 3. The lowest BCUT2D eigenvalue weighted by Gasteiger charge is -2.51. The highest BCUT2D eigenvalue weighted by Crippen LogP contribution is 2.58. The van der Waals surface area contributed by atoms with Gasteiger partial charge in [-0.2, -0.15) is 5.26 Å². The molecule has 3 nitrogen and oxygen atoms in total. The zero-order valence-corrected chi connectivity index (χ0v) is 13.3. The number of nitrogens with zero attached hydrogens (tertiary/aromatic N) is 1. The molecule has 0 aliphatic heterocycles. The van der Waals surface area contributed by atoms with Gasteiger partial charge < -0.3 is 0 Å². The number of benzene rings is 1. The predicted octanol–water partition coefficient (Wildman–Crippen LogP) is 3.98. The van der Waals surface area contributed by atoms with Crippen LogP contribution in [-0.2, 0) is 9.84 Å². The monoisotopic (exact) mass is 311 g/mol. The van der Waals surface area contributed by atoms with E-state index in [1.54, 1.807) is 18.2 Å². The number of hydrogen-bond donors (Lipinski definition) is 0. The average molecular weight is 312 g/mol. The van der Waals surface area contributed by atoms with Gasteiger partial charge in [0.2, 0.25) is 0 Å². The second-order valence-corrected chi connectivity index (χ2v) is 8.24. The third-order valence-electron chi connectivity index (χ3n) is 4.67. The molecule has 1 aliphatic rings. The minimum Gasteiger partial charge on any atom is -0.222 e. The van der Waals surface area contributed by atoms with Crippen molar-refractivity contribution in [2.45, 2.75) is 49.2 Å². The first-order valence-corrected chi connectivity index (χ1v) is 8.63. The molecule has 0 atom stereocenters. The minimum atomic E-state index is -3.73. The molecule has 0 saturated heterocycles. The number of sulfone groups is 1. The van der Waals surface area contributed by atoms with Crippen LogP contribution in [0.1, 0.15) is 39.5 Å². The van der Waals surface area contributed by atoms with Gasteiger partial charge in [0.15, 0.2) is 14.6 Å². The van der Waals surface area contributed by atoms with E-state index < -0.39 is 14.6 Å². The summed E-state index contributed by atoms with van der Waals surface area (Å²) in [6.45, 7) is 4.10. The molecule has 1 aromatic rings. The van der Waals surface area contributed by atoms with E-state index >= 15 is 0 Å². The van der Waals surface area contributed by atoms with Crippen LogP contribution in [0.5, 0.6) is 0 Å². The van der Waals surface area contributed by atoms with E-state index in [-0.39, 0.29) is 15.3 Å². The highest BCUT2D eigenvalue weighted by molar-refractivity contribution is 7.93. The molecule has 108 valence electrons. The van der Waals surface area contributed by atoms with E-state index in [2.05, 4.69) is 6.07 Å². The molecule has 20 heavy (non-hydrogen) atoms. The molecule has 0 amide bonds.